The van der Waals surface area contributed by atoms with Gasteiger partial charge in [0.05, 0.1) is 18.4 Å². The van der Waals surface area contributed by atoms with E-state index in [4.69, 9.17) is 9.26 Å². The van der Waals surface area contributed by atoms with E-state index < -0.39 is 0 Å². The first-order valence-corrected chi connectivity index (χ1v) is 6.59. The predicted molar refractivity (Wildman–Crippen MR) is 80.3 cm³/mol. The highest BCUT2D eigenvalue weighted by Gasteiger charge is 2.16. The first kappa shape index (κ1) is 13.2. The van der Waals surface area contributed by atoms with Gasteiger partial charge in [-0.25, -0.2) is 0 Å². The maximum absolute atomic E-state index is 9.41. The van der Waals surface area contributed by atoms with Gasteiger partial charge in [-0.3, -0.25) is 0 Å². The highest BCUT2D eigenvalue weighted by Crippen LogP contribution is 2.35. The highest BCUT2D eigenvalue weighted by atomic mass is 16.5. The standard InChI is InChI=1S/C17H15NO3/c1-11-16(12-3-7-14(19)8-4-12)17(21-18-11)13-5-9-15(20-2)10-6-13/h3-10,19H,1-2H3. The van der Waals surface area contributed by atoms with E-state index in [9.17, 15) is 5.11 Å². The van der Waals surface area contributed by atoms with Crippen molar-refractivity contribution in [2.24, 2.45) is 0 Å². The number of hydrogen-bond acceptors (Lipinski definition) is 4. The Hall–Kier alpha value is -2.75. The summed E-state index contributed by atoms with van der Waals surface area (Å²) in [6, 6.07) is 14.6. The molecule has 4 nitrogen and oxygen atoms in total. The molecule has 0 radical (unpaired) electrons. The number of aromatic nitrogens is 1. The van der Waals surface area contributed by atoms with E-state index in [0.29, 0.717) is 5.76 Å². The minimum absolute atomic E-state index is 0.235. The highest BCUT2D eigenvalue weighted by molar-refractivity contribution is 5.81. The fraction of sp³-hybridized carbons (Fsp3) is 0.118. The van der Waals surface area contributed by atoms with Gasteiger partial charge in [0.15, 0.2) is 5.76 Å². The largest absolute Gasteiger partial charge is 0.508 e. The monoisotopic (exact) mass is 281 g/mol. The van der Waals surface area contributed by atoms with Crippen molar-refractivity contribution >= 4 is 0 Å². The lowest BCUT2D eigenvalue weighted by Gasteiger charge is -2.04. The van der Waals surface area contributed by atoms with E-state index >= 15 is 0 Å². The predicted octanol–water partition coefficient (Wildman–Crippen LogP) is 4.03. The molecule has 0 aliphatic carbocycles. The maximum atomic E-state index is 9.41. The van der Waals surface area contributed by atoms with Crippen molar-refractivity contribution in [1.82, 2.24) is 5.16 Å². The van der Waals surface area contributed by atoms with E-state index in [0.717, 1.165) is 28.1 Å². The van der Waals surface area contributed by atoms with Crippen LogP contribution in [0.25, 0.3) is 22.5 Å². The Morgan fingerprint density at radius 2 is 1.57 bits per heavy atom. The average molecular weight is 281 g/mol. The molecule has 0 aliphatic heterocycles. The number of hydrogen-bond donors (Lipinski definition) is 1. The molecule has 106 valence electrons. The Morgan fingerprint density at radius 3 is 2.19 bits per heavy atom. The van der Waals surface area contributed by atoms with Crippen LogP contribution in [0.5, 0.6) is 11.5 Å². The molecule has 1 aromatic heterocycles. The van der Waals surface area contributed by atoms with Gasteiger partial charge in [-0.1, -0.05) is 17.3 Å². The molecule has 3 aromatic rings. The normalized spacial score (nSPS) is 10.6. The van der Waals surface area contributed by atoms with Gasteiger partial charge in [-0.05, 0) is 48.9 Å². The molecule has 0 fully saturated rings. The molecule has 21 heavy (non-hydrogen) atoms. The van der Waals surface area contributed by atoms with Crippen LogP contribution >= 0.6 is 0 Å². The number of aromatic hydroxyl groups is 1. The average Bonchev–Trinajstić information content (AvgIpc) is 2.90. The third kappa shape index (κ3) is 2.48. The number of nitrogens with zero attached hydrogens (tertiary/aromatic N) is 1. The second-order valence-electron chi connectivity index (χ2n) is 4.75. The Balaban J connectivity index is 2.09. The molecule has 2 aromatic carbocycles. The first-order valence-electron chi connectivity index (χ1n) is 6.59. The smallest absolute Gasteiger partial charge is 0.174 e. The summed E-state index contributed by atoms with van der Waals surface area (Å²) in [5.41, 5.74) is 3.63. The Morgan fingerprint density at radius 1 is 0.952 bits per heavy atom. The van der Waals surface area contributed by atoms with Gasteiger partial charge in [0.2, 0.25) is 0 Å². The van der Waals surface area contributed by atoms with Crippen LogP contribution in [0.3, 0.4) is 0 Å². The van der Waals surface area contributed by atoms with Crippen molar-refractivity contribution in [1.29, 1.82) is 0 Å². The maximum Gasteiger partial charge on any atom is 0.174 e. The van der Waals surface area contributed by atoms with Gasteiger partial charge >= 0.3 is 0 Å². The third-order valence-electron chi connectivity index (χ3n) is 3.37. The fourth-order valence-corrected chi connectivity index (χ4v) is 2.28. The van der Waals surface area contributed by atoms with Crippen molar-refractivity contribution in [2.45, 2.75) is 6.92 Å². The molecule has 0 bridgehead atoms. The van der Waals surface area contributed by atoms with Gasteiger partial charge in [-0.15, -0.1) is 0 Å². The van der Waals surface area contributed by atoms with Crippen LogP contribution in [0.1, 0.15) is 5.69 Å². The van der Waals surface area contributed by atoms with E-state index in [-0.39, 0.29) is 5.75 Å². The van der Waals surface area contributed by atoms with Crippen LogP contribution in [-0.4, -0.2) is 17.4 Å². The molecule has 0 spiro atoms. The van der Waals surface area contributed by atoms with E-state index in [1.54, 1.807) is 19.2 Å². The van der Waals surface area contributed by atoms with E-state index in [1.807, 2.05) is 43.3 Å². The van der Waals surface area contributed by atoms with Crippen molar-refractivity contribution < 1.29 is 14.4 Å². The number of rotatable bonds is 3. The van der Waals surface area contributed by atoms with Crippen LogP contribution in [0.2, 0.25) is 0 Å². The lowest BCUT2D eigenvalue weighted by molar-refractivity contribution is 0.414. The van der Waals surface area contributed by atoms with Gasteiger partial charge < -0.3 is 14.4 Å². The summed E-state index contributed by atoms with van der Waals surface area (Å²) in [6.45, 7) is 1.90. The molecule has 0 saturated carbocycles. The Kier molecular flexibility index (Phi) is 3.36. The van der Waals surface area contributed by atoms with Gasteiger partial charge in [-0.2, -0.15) is 0 Å². The van der Waals surface area contributed by atoms with Crippen molar-refractivity contribution in [3.8, 4) is 33.9 Å². The SMILES string of the molecule is COc1ccc(-c2onc(C)c2-c2ccc(O)cc2)cc1. The van der Waals surface area contributed by atoms with Gasteiger partial charge in [0, 0.05) is 5.56 Å². The number of ether oxygens (including phenoxy) is 1. The zero-order valence-electron chi connectivity index (χ0n) is 11.8. The van der Waals surface area contributed by atoms with Gasteiger partial charge in [0.1, 0.15) is 11.5 Å². The number of methoxy groups -OCH3 is 1. The summed E-state index contributed by atoms with van der Waals surface area (Å²) in [7, 11) is 1.63. The molecule has 0 saturated heterocycles. The first-order chi connectivity index (χ1) is 10.2. The number of aryl methyl sites for hydroxylation is 1. The molecular formula is C17H15NO3. The molecule has 1 N–H and O–H groups in total. The number of benzene rings is 2. The summed E-state index contributed by atoms with van der Waals surface area (Å²) in [5, 5.41) is 13.5. The van der Waals surface area contributed by atoms with Crippen LogP contribution < -0.4 is 4.74 Å². The Labute approximate surface area is 122 Å². The topological polar surface area (TPSA) is 55.5 Å². The zero-order valence-corrected chi connectivity index (χ0v) is 11.8. The summed E-state index contributed by atoms with van der Waals surface area (Å²) in [6.07, 6.45) is 0. The molecular weight excluding hydrogens is 266 g/mol. The number of phenolic OH excluding ortho intramolecular Hbond substituents is 1. The zero-order chi connectivity index (χ0) is 14.8. The van der Waals surface area contributed by atoms with Crippen LogP contribution in [0, 0.1) is 6.92 Å². The molecule has 3 rings (SSSR count). The lowest BCUT2D eigenvalue weighted by atomic mass is 10.00. The summed E-state index contributed by atoms with van der Waals surface area (Å²) in [4.78, 5) is 0. The van der Waals surface area contributed by atoms with Crippen LogP contribution in [0.4, 0.5) is 0 Å². The van der Waals surface area contributed by atoms with Crippen molar-refractivity contribution in [3.05, 3.63) is 54.2 Å². The molecule has 0 aliphatic rings. The minimum atomic E-state index is 0.235. The second-order valence-corrected chi connectivity index (χ2v) is 4.75. The second kappa shape index (κ2) is 5.32. The van der Waals surface area contributed by atoms with E-state index in [2.05, 4.69) is 5.16 Å². The van der Waals surface area contributed by atoms with E-state index in [1.165, 1.54) is 0 Å². The molecule has 0 atom stereocenters. The third-order valence-corrected chi connectivity index (χ3v) is 3.37. The van der Waals surface area contributed by atoms with Crippen LogP contribution in [0.15, 0.2) is 53.1 Å². The summed E-state index contributed by atoms with van der Waals surface area (Å²) in [5.74, 6) is 1.74. The Bertz CT molecular complexity index is 743. The lowest BCUT2D eigenvalue weighted by Crippen LogP contribution is -1.85. The number of phenols is 1. The summed E-state index contributed by atoms with van der Waals surface area (Å²) >= 11 is 0. The van der Waals surface area contributed by atoms with Crippen molar-refractivity contribution in [2.75, 3.05) is 7.11 Å². The molecule has 1 heterocycles. The van der Waals surface area contributed by atoms with Crippen molar-refractivity contribution in [3.63, 3.8) is 0 Å². The quantitative estimate of drug-likeness (QED) is 0.787. The minimum Gasteiger partial charge on any atom is -0.508 e. The van der Waals surface area contributed by atoms with Crippen LogP contribution in [-0.2, 0) is 0 Å². The molecule has 0 amide bonds. The molecule has 0 unspecified atom stereocenters. The van der Waals surface area contributed by atoms with Gasteiger partial charge in [0.25, 0.3) is 0 Å². The molecule has 4 heteroatoms. The summed E-state index contributed by atoms with van der Waals surface area (Å²) < 4.78 is 10.7. The fourth-order valence-electron chi connectivity index (χ4n) is 2.28.